The van der Waals surface area contributed by atoms with Gasteiger partial charge in [0.25, 0.3) is 5.91 Å². The number of carbonyl (C=O) groups is 1. The van der Waals surface area contributed by atoms with Crippen LogP contribution in [0, 0.1) is 0 Å². The third kappa shape index (κ3) is 2.62. The Bertz CT molecular complexity index is 716. The van der Waals surface area contributed by atoms with E-state index in [1.807, 2.05) is 41.8 Å². The summed E-state index contributed by atoms with van der Waals surface area (Å²) in [4.78, 5) is 13.9. The number of nitrogen functional groups attached to an aromatic ring is 1. The zero-order valence-corrected chi connectivity index (χ0v) is 11.7. The second-order valence-electron chi connectivity index (χ2n) is 4.17. The van der Waals surface area contributed by atoms with Crippen LogP contribution in [0.5, 0.6) is 0 Å². The molecule has 2 heterocycles. The summed E-state index contributed by atoms with van der Waals surface area (Å²) in [6.07, 6.45) is 0. The van der Waals surface area contributed by atoms with Crippen LogP contribution in [0.25, 0.3) is 10.1 Å². The number of rotatable bonds is 3. The van der Waals surface area contributed by atoms with Gasteiger partial charge in [-0.3, -0.25) is 4.79 Å². The largest absolute Gasteiger partial charge is 0.399 e. The van der Waals surface area contributed by atoms with Gasteiger partial charge in [-0.2, -0.15) is 0 Å². The van der Waals surface area contributed by atoms with Crippen molar-refractivity contribution in [2.45, 2.75) is 6.54 Å². The maximum Gasteiger partial charge on any atom is 0.261 e. The maximum atomic E-state index is 12.1. The quantitative estimate of drug-likeness (QED) is 0.725. The molecule has 3 aromatic rings. The van der Waals surface area contributed by atoms with Gasteiger partial charge in [-0.1, -0.05) is 6.07 Å². The smallest absolute Gasteiger partial charge is 0.261 e. The number of thiophene rings is 2. The summed E-state index contributed by atoms with van der Waals surface area (Å²) in [5.74, 6) is -0.0341. The summed E-state index contributed by atoms with van der Waals surface area (Å²) in [7, 11) is 0. The molecule has 0 spiro atoms. The molecule has 3 N–H and O–H groups in total. The van der Waals surface area contributed by atoms with Gasteiger partial charge in [-0.05, 0) is 41.1 Å². The molecule has 3 nitrogen and oxygen atoms in total. The fourth-order valence-electron chi connectivity index (χ4n) is 1.84. The van der Waals surface area contributed by atoms with Gasteiger partial charge in [-0.15, -0.1) is 22.7 Å². The van der Waals surface area contributed by atoms with Crippen molar-refractivity contribution in [1.29, 1.82) is 0 Å². The highest BCUT2D eigenvalue weighted by Gasteiger charge is 2.10. The molecule has 0 saturated heterocycles. The Morgan fingerprint density at radius 2 is 2.16 bits per heavy atom. The highest BCUT2D eigenvalue weighted by molar-refractivity contribution is 7.20. The summed E-state index contributed by atoms with van der Waals surface area (Å²) in [5.41, 5.74) is 6.46. The highest BCUT2D eigenvalue weighted by Crippen LogP contribution is 2.27. The van der Waals surface area contributed by atoms with Crippen molar-refractivity contribution in [2.75, 3.05) is 5.73 Å². The van der Waals surface area contributed by atoms with Crippen molar-refractivity contribution in [3.8, 4) is 0 Å². The molecular formula is C14H12N2OS2. The molecular weight excluding hydrogens is 276 g/mol. The summed E-state index contributed by atoms with van der Waals surface area (Å²) < 4.78 is 1.08. The monoisotopic (exact) mass is 288 g/mol. The SMILES string of the molecule is Nc1ccc2sc(C(=O)NCc3cccs3)cc2c1. The van der Waals surface area contributed by atoms with E-state index in [9.17, 15) is 4.79 Å². The lowest BCUT2D eigenvalue weighted by atomic mass is 10.2. The fourth-order valence-corrected chi connectivity index (χ4v) is 3.45. The molecule has 0 bridgehead atoms. The first-order chi connectivity index (χ1) is 9.22. The van der Waals surface area contributed by atoms with Crippen molar-refractivity contribution in [3.63, 3.8) is 0 Å². The van der Waals surface area contributed by atoms with Gasteiger partial charge in [0.1, 0.15) is 0 Å². The van der Waals surface area contributed by atoms with Crippen LogP contribution >= 0.6 is 22.7 Å². The normalized spacial score (nSPS) is 10.7. The van der Waals surface area contributed by atoms with Crippen LogP contribution in [0.3, 0.4) is 0 Å². The van der Waals surface area contributed by atoms with Gasteiger partial charge < -0.3 is 11.1 Å². The summed E-state index contributed by atoms with van der Waals surface area (Å²) >= 11 is 3.13. The number of hydrogen-bond acceptors (Lipinski definition) is 4. The molecule has 3 rings (SSSR count). The number of carbonyl (C=O) groups excluding carboxylic acids is 1. The van der Waals surface area contributed by atoms with Crippen LogP contribution in [0.15, 0.2) is 41.8 Å². The van der Waals surface area contributed by atoms with Crippen LogP contribution < -0.4 is 11.1 Å². The van der Waals surface area contributed by atoms with Crippen molar-refractivity contribution in [1.82, 2.24) is 5.32 Å². The fraction of sp³-hybridized carbons (Fsp3) is 0.0714. The van der Waals surface area contributed by atoms with Gasteiger partial charge in [0.05, 0.1) is 11.4 Å². The maximum absolute atomic E-state index is 12.1. The van der Waals surface area contributed by atoms with Crippen LogP contribution in [-0.4, -0.2) is 5.91 Å². The Balaban J connectivity index is 1.77. The molecule has 0 aliphatic heterocycles. The molecule has 5 heteroatoms. The predicted octanol–water partition coefficient (Wildman–Crippen LogP) is 3.48. The number of fused-ring (bicyclic) bond motifs is 1. The summed E-state index contributed by atoms with van der Waals surface area (Å²) in [5, 5.41) is 5.95. The molecule has 0 saturated carbocycles. The lowest BCUT2D eigenvalue weighted by Gasteiger charge is -2.00. The standard InChI is InChI=1S/C14H12N2OS2/c15-10-3-4-12-9(6-10)7-13(19-12)14(17)16-8-11-2-1-5-18-11/h1-7H,8,15H2,(H,16,17). The van der Waals surface area contributed by atoms with E-state index < -0.39 is 0 Å². The molecule has 2 aromatic heterocycles. The molecule has 1 aromatic carbocycles. The van der Waals surface area contributed by atoms with Gasteiger partial charge >= 0.3 is 0 Å². The zero-order chi connectivity index (χ0) is 13.2. The van der Waals surface area contributed by atoms with E-state index in [-0.39, 0.29) is 5.91 Å². The first-order valence-electron chi connectivity index (χ1n) is 5.82. The highest BCUT2D eigenvalue weighted by atomic mass is 32.1. The number of benzene rings is 1. The molecule has 0 aliphatic rings. The first-order valence-corrected chi connectivity index (χ1v) is 7.51. The molecule has 0 aliphatic carbocycles. The number of nitrogens with one attached hydrogen (secondary N) is 1. The number of amides is 1. The second kappa shape index (κ2) is 5.03. The van der Waals surface area contributed by atoms with Gasteiger partial charge in [0.15, 0.2) is 0 Å². The minimum Gasteiger partial charge on any atom is -0.399 e. The average molecular weight is 288 g/mol. The Kier molecular flexibility index (Phi) is 3.23. The molecule has 96 valence electrons. The first kappa shape index (κ1) is 12.2. The van der Waals surface area contributed by atoms with E-state index in [1.165, 1.54) is 11.3 Å². The van der Waals surface area contributed by atoms with Crippen LogP contribution in [0.1, 0.15) is 14.5 Å². The molecule has 0 radical (unpaired) electrons. The minimum atomic E-state index is -0.0341. The Hall–Kier alpha value is -1.85. The number of nitrogens with two attached hydrogens (primary N) is 1. The van der Waals surface area contributed by atoms with E-state index in [0.29, 0.717) is 6.54 Å². The minimum absolute atomic E-state index is 0.0341. The van der Waals surface area contributed by atoms with Gasteiger partial charge in [0, 0.05) is 15.3 Å². The molecule has 0 atom stereocenters. The topological polar surface area (TPSA) is 55.1 Å². The third-order valence-corrected chi connectivity index (χ3v) is 4.76. The molecule has 0 fully saturated rings. The van der Waals surface area contributed by atoms with Crippen LogP contribution in [-0.2, 0) is 6.54 Å². The Labute approximate surface area is 118 Å². The van der Waals surface area contributed by atoms with Crippen LogP contribution in [0.2, 0.25) is 0 Å². The Morgan fingerprint density at radius 3 is 2.95 bits per heavy atom. The molecule has 1 amide bonds. The van der Waals surface area contributed by atoms with E-state index >= 15 is 0 Å². The number of hydrogen-bond donors (Lipinski definition) is 2. The lowest BCUT2D eigenvalue weighted by Crippen LogP contribution is -2.21. The van der Waals surface area contributed by atoms with E-state index in [2.05, 4.69) is 5.32 Å². The van der Waals surface area contributed by atoms with Crippen molar-refractivity contribution >= 4 is 44.4 Å². The van der Waals surface area contributed by atoms with E-state index in [0.717, 1.165) is 25.5 Å². The van der Waals surface area contributed by atoms with Gasteiger partial charge in [0.2, 0.25) is 0 Å². The van der Waals surface area contributed by atoms with Crippen molar-refractivity contribution < 1.29 is 4.79 Å². The van der Waals surface area contributed by atoms with Crippen molar-refractivity contribution in [3.05, 3.63) is 51.5 Å². The third-order valence-electron chi connectivity index (χ3n) is 2.77. The van der Waals surface area contributed by atoms with Crippen LogP contribution in [0.4, 0.5) is 5.69 Å². The lowest BCUT2D eigenvalue weighted by molar-refractivity contribution is 0.0955. The molecule has 0 unspecified atom stereocenters. The molecule has 19 heavy (non-hydrogen) atoms. The number of anilines is 1. The summed E-state index contributed by atoms with van der Waals surface area (Å²) in [6, 6.07) is 11.6. The predicted molar refractivity (Wildman–Crippen MR) is 81.7 cm³/mol. The average Bonchev–Trinajstić information content (AvgIpc) is 3.04. The Morgan fingerprint density at radius 1 is 1.26 bits per heavy atom. The van der Waals surface area contributed by atoms with E-state index in [4.69, 9.17) is 5.73 Å². The van der Waals surface area contributed by atoms with E-state index in [1.54, 1.807) is 11.3 Å². The summed E-state index contributed by atoms with van der Waals surface area (Å²) in [6.45, 7) is 0.576. The zero-order valence-electron chi connectivity index (χ0n) is 10.1. The van der Waals surface area contributed by atoms with Gasteiger partial charge in [-0.25, -0.2) is 0 Å². The van der Waals surface area contributed by atoms with Crippen molar-refractivity contribution in [2.24, 2.45) is 0 Å². The second-order valence-corrected chi connectivity index (χ2v) is 6.29.